The van der Waals surface area contributed by atoms with Crippen molar-refractivity contribution in [1.29, 1.82) is 0 Å². The molecule has 2 aromatic rings. The summed E-state index contributed by atoms with van der Waals surface area (Å²) in [5, 5.41) is 0. The number of para-hydroxylation sites is 1. The number of carbonyl (C=O) groups is 1. The molecule has 0 atom stereocenters. The number of benzene rings is 2. The number of anilines is 1. The van der Waals surface area contributed by atoms with Crippen molar-refractivity contribution < 1.29 is 14.3 Å². The number of ether oxygens (including phenoxy) is 2. The van der Waals surface area contributed by atoms with Gasteiger partial charge >= 0.3 is 0 Å². The Labute approximate surface area is 162 Å². The largest absolute Gasteiger partial charge is 0.484 e. The van der Waals surface area contributed by atoms with Crippen molar-refractivity contribution >= 4 is 27.5 Å². The Morgan fingerprint density at radius 3 is 2.58 bits per heavy atom. The molecule has 0 radical (unpaired) electrons. The molecule has 0 N–H and O–H groups in total. The number of halogens is 1. The molecule has 26 heavy (non-hydrogen) atoms. The van der Waals surface area contributed by atoms with E-state index in [1.54, 1.807) is 4.90 Å². The Hall–Kier alpha value is -2.05. The molecule has 1 fully saturated rings. The van der Waals surface area contributed by atoms with Gasteiger partial charge in [-0.05, 0) is 35.9 Å². The summed E-state index contributed by atoms with van der Waals surface area (Å²) in [5.74, 6) is 0.633. The molecular formula is C20H23BrN2O3. The smallest absolute Gasteiger partial charge is 0.260 e. The third-order valence-electron chi connectivity index (χ3n) is 4.35. The molecule has 0 aromatic heterocycles. The lowest BCUT2D eigenvalue weighted by Gasteiger charge is -2.31. The van der Waals surface area contributed by atoms with Crippen LogP contribution in [0.25, 0.3) is 0 Å². The van der Waals surface area contributed by atoms with Gasteiger partial charge < -0.3 is 19.3 Å². The normalized spacial score (nSPS) is 14.2. The summed E-state index contributed by atoms with van der Waals surface area (Å²) in [4.78, 5) is 16.5. The van der Waals surface area contributed by atoms with Gasteiger partial charge in [0.1, 0.15) is 5.75 Å². The lowest BCUT2D eigenvalue weighted by atomic mass is 10.1. The highest BCUT2D eigenvalue weighted by atomic mass is 79.9. The van der Waals surface area contributed by atoms with E-state index in [1.165, 1.54) is 5.69 Å². The molecular weight excluding hydrogens is 396 g/mol. The molecule has 5 nitrogen and oxygen atoms in total. The third kappa shape index (κ3) is 4.99. The summed E-state index contributed by atoms with van der Waals surface area (Å²) in [6.07, 6.45) is 0. The minimum Gasteiger partial charge on any atom is -0.484 e. The van der Waals surface area contributed by atoms with E-state index in [-0.39, 0.29) is 12.5 Å². The summed E-state index contributed by atoms with van der Waals surface area (Å²) in [7, 11) is 1.81. The van der Waals surface area contributed by atoms with Crippen LogP contribution in [-0.4, -0.2) is 50.8 Å². The highest BCUT2D eigenvalue weighted by molar-refractivity contribution is 9.10. The van der Waals surface area contributed by atoms with Crippen molar-refractivity contribution in [1.82, 2.24) is 4.90 Å². The average Bonchev–Trinajstić information content (AvgIpc) is 2.68. The molecule has 0 unspecified atom stereocenters. The van der Waals surface area contributed by atoms with Crippen molar-refractivity contribution in [2.45, 2.75) is 6.54 Å². The molecule has 1 aliphatic heterocycles. The zero-order valence-electron chi connectivity index (χ0n) is 14.9. The topological polar surface area (TPSA) is 42.0 Å². The Bertz CT molecular complexity index is 730. The van der Waals surface area contributed by atoms with Gasteiger partial charge in [-0.15, -0.1) is 0 Å². The number of rotatable bonds is 6. The average molecular weight is 419 g/mol. The van der Waals surface area contributed by atoms with Gasteiger partial charge in [-0.2, -0.15) is 0 Å². The van der Waals surface area contributed by atoms with E-state index in [0.717, 1.165) is 36.3 Å². The molecule has 3 rings (SSSR count). The predicted molar refractivity (Wildman–Crippen MR) is 106 cm³/mol. The van der Waals surface area contributed by atoms with E-state index in [9.17, 15) is 4.79 Å². The molecule has 138 valence electrons. The van der Waals surface area contributed by atoms with Crippen LogP contribution in [0.2, 0.25) is 0 Å². The second-order valence-corrected chi connectivity index (χ2v) is 7.14. The standard InChI is InChI=1S/C20H23BrN2O3/c1-22(20(24)15-26-18-8-6-17(21)7-9-18)14-16-4-2-3-5-19(16)23-10-12-25-13-11-23/h2-9H,10-15H2,1H3. The first kappa shape index (κ1) is 18.7. The lowest BCUT2D eigenvalue weighted by molar-refractivity contribution is -0.132. The predicted octanol–water partition coefficient (Wildman–Crippen LogP) is 3.32. The number of amides is 1. The second kappa shape index (κ2) is 9.05. The van der Waals surface area contributed by atoms with E-state index in [2.05, 4.69) is 33.0 Å². The van der Waals surface area contributed by atoms with Crippen LogP contribution in [0.1, 0.15) is 5.56 Å². The quantitative estimate of drug-likeness (QED) is 0.721. The Kier molecular flexibility index (Phi) is 6.52. The maximum atomic E-state index is 12.4. The molecule has 0 aliphatic carbocycles. The molecule has 1 aliphatic rings. The summed E-state index contributed by atoms with van der Waals surface area (Å²) in [6.45, 7) is 3.81. The lowest BCUT2D eigenvalue weighted by Crippen LogP contribution is -2.37. The van der Waals surface area contributed by atoms with Crippen LogP contribution in [0.4, 0.5) is 5.69 Å². The van der Waals surface area contributed by atoms with Gasteiger partial charge in [0.25, 0.3) is 5.91 Å². The van der Waals surface area contributed by atoms with Crippen LogP contribution in [-0.2, 0) is 16.1 Å². The van der Waals surface area contributed by atoms with E-state index < -0.39 is 0 Å². The van der Waals surface area contributed by atoms with Crippen LogP contribution >= 0.6 is 15.9 Å². The highest BCUT2D eigenvalue weighted by Crippen LogP contribution is 2.23. The highest BCUT2D eigenvalue weighted by Gasteiger charge is 2.17. The molecule has 1 saturated heterocycles. The van der Waals surface area contributed by atoms with Gasteiger partial charge in [0.15, 0.2) is 6.61 Å². The van der Waals surface area contributed by atoms with Crippen LogP contribution in [0.3, 0.4) is 0 Å². The summed E-state index contributed by atoms with van der Waals surface area (Å²) < 4.78 is 12.0. The number of likely N-dealkylation sites (N-methyl/N-ethyl adjacent to an activating group) is 1. The van der Waals surface area contributed by atoms with E-state index in [0.29, 0.717) is 12.3 Å². The maximum absolute atomic E-state index is 12.4. The Morgan fingerprint density at radius 1 is 1.15 bits per heavy atom. The van der Waals surface area contributed by atoms with Crippen LogP contribution in [0.15, 0.2) is 53.0 Å². The molecule has 0 bridgehead atoms. The monoisotopic (exact) mass is 418 g/mol. The molecule has 1 heterocycles. The SMILES string of the molecule is CN(Cc1ccccc1N1CCOCC1)C(=O)COc1ccc(Br)cc1. The molecule has 6 heteroatoms. The van der Waals surface area contributed by atoms with E-state index in [4.69, 9.17) is 9.47 Å². The number of hydrogen-bond donors (Lipinski definition) is 0. The fraction of sp³-hybridized carbons (Fsp3) is 0.350. The molecule has 2 aromatic carbocycles. The first-order valence-corrected chi connectivity index (χ1v) is 9.46. The van der Waals surface area contributed by atoms with Gasteiger partial charge in [-0.1, -0.05) is 34.1 Å². The molecule has 1 amide bonds. The van der Waals surface area contributed by atoms with Gasteiger partial charge in [0.2, 0.25) is 0 Å². The van der Waals surface area contributed by atoms with E-state index >= 15 is 0 Å². The Balaban J connectivity index is 1.59. The van der Waals surface area contributed by atoms with Crippen molar-refractivity contribution in [3.63, 3.8) is 0 Å². The van der Waals surface area contributed by atoms with Gasteiger partial charge in [0.05, 0.1) is 13.2 Å². The summed E-state index contributed by atoms with van der Waals surface area (Å²) >= 11 is 3.38. The number of carbonyl (C=O) groups excluding carboxylic acids is 1. The van der Waals surface area contributed by atoms with Crippen molar-refractivity contribution in [3.8, 4) is 5.75 Å². The van der Waals surface area contributed by atoms with Crippen molar-refractivity contribution in [3.05, 3.63) is 58.6 Å². The first-order valence-electron chi connectivity index (χ1n) is 8.66. The summed E-state index contributed by atoms with van der Waals surface area (Å²) in [5.41, 5.74) is 2.30. The summed E-state index contributed by atoms with van der Waals surface area (Å²) in [6, 6.07) is 15.7. The second-order valence-electron chi connectivity index (χ2n) is 6.22. The van der Waals surface area contributed by atoms with E-state index in [1.807, 2.05) is 43.4 Å². The van der Waals surface area contributed by atoms with Gasteiger partial charge in [0, 0.05) is 36.8 Å². The van der Waals surface area contributed by atoms with Crippen molar-refractivity contribution in [2.24, 2.45) is 0 Å². The van der Waals surface area contributed by atoms with Crippen LogP contribution in [0, 0.1) is 0 Å². The van der Waals surface area contributed by atoms with Crippen LogP contribution in [0.5, 0.6) is 5.75 Å². The zero-order chi connectivity index (χ0) is 18.4. The Morgan fingerprint density at radius 2 is 1.85 bits per heavy atom. The number of morpholine rings is 1. The zero-order valence-corrected chi connectivity index (χ0v) is 16.4. The minimum atomic E-state index is -0.0512. The molecule has 0 saturated carbocycles. The third-order valence-corrected chi connectivity index (χ3v) is 4.88. The van der Waals surface area contributed by atoms with Gasteiger partial charge in [-0.3, -0.25) is 4.79 Å². The maximum Gasteiger partial charge on any atom is 0.260 e. The van der Waals surface area contributed by atoms with Gasteiger partial charge in [-0.25, -0.2) is 0 Å². The number of nitrogens with zero attached hydrogens (tertiary/aromatic N) is 2. The van der Waals surface area contributed by atoms with Crippen molar-refractivity contribution in [2.75, 3.05) is 44.9 Å². The fourth-order valence-corrected chi connectivity index (χ4v) is 3.15. The minimum absolute atomic E-state index is 0.0256. The molecule has 0 spiro atoms. The first-order chi connectivity index (χ1) is 12.6. The fourth-order valence-electron chi connectivity index (χ4n) is 2.89. The number of hydrogen-bond acceptors (Lipinski definition) is 4. The van der Waals surface area contributed by atoms with Crippen LogP contribution < -0.4 is 9.64 Å².